The molecule has 0 atom stereocenters. The Morgan fingerprint density at radius 2 is 1.76 bits per heavy atom. The van der Waals surface area contributed by atoms with Gasteiger partial charge in [-0.05, 0) is 23.1 Å². The van der Waals surface area contributed by atoms with Crippen LogP contribution in [0.5, 0.6) is 5.75 Å². The second-order valence-corrected chi connectivity index (χ2v) is 5.05. The number of benzene rings is 1. The van der Waals surface area contributed by atoms with Gasteiger partial charge < -0.3 is 9.84 Å². The molecule has 1 N–H and O–H groups in total. The van der Waals surface area contributed by atoms with E-state index < -0.39 is 0 Å². The van der Waals surface area contributed by atoms with Crippen molar-refractivity contribution in [3.63, 3.8) is 0 Å². The van der Waals surface area contributed by atoms with Crippen LogP contribution in [0.25, 0.3) is 0 Å². The Labute approximate surface area is 116 Å². The van der Waals surface area contributed by atoms with Crippen molar-refractivity contribution in [2.24, 2.45) is 0 Å². The molecule has 3 nitrogen and oxygen atoms in total. The van der Waals surface area contributed by atoms with Gasteiger partial charge in [-0.15, -0.1) is 0 Å². The monoisotopic (exact) mass is 350 g/mol. The van der Waals surface area contributed by atoms with E-state index in [1.165, 1.54) is 5.56 Å². The van der Waals surface area contributed by atoms with Crippen LogP contribution in [0, 0.1) is 0 Å². The standard InChI is InChI=1S/C12H16O2.CH3IO/c1-12(2,3)10-4-6-11(7-5-10)14-9-8-13;2-1-3/h4-8H,9H2,1-3H3;3H,1H2. The van der Waals surface area contributed by atoms with Gasteiger partial charge >= 0.3 is 0 Å². The Bertz CT molecular complexity index is 314. The van der Waals surface area contributed by atoms with E-state index in [0.29, 0.717) is 0 Å². The van der Waals surface area contributed by atoms with E-state index in [0.717, 1.165) is 12.0 Å². The third kappa shape index (κ3) is 7.33. The number of halogens is 1. The molecule has 0 amide bonds. The Kier molecular flexibility index (Phi) is 8.16. The van der Waals surface area contributed by atoms with E-state index in [1.807, 2.05) is 46.9 Å². The van der Waals surface area contributed by atoms with Crippen molar-refractivity contribution in [2.75, 3.05) is 11.2 Å². The van der Waals surface area contributed by atoms with Gasteiger partial charge in [-0.1, -0.05) is 55.5 Å². The highest BCUT2D eigenvalue weighted by Crippen LogP contribution is 2.24. The van der Waals surface area contributed by atoms with Gasteiger partial charge in [-0.3, -0.25) is 4.79 Å². The normalized spacial score (nSPS) is 10.2. The molecule has 0 spiro atoms. The van der Waals surface area contributed by atoms with Gasteiger partial charge in [0.05, 0.1) is 4.61 Å². The zero-order valence-electron chi connectivity index (χ0n) is 10.4. The summed E-state index contributed by atoms with van der Waals surface area (Å²) >= 11 is 1.84. The Balaban J connectivity index is 0.000000770. The molecule has 0 saturated carbocycles. The summed E-state index contributed by atoms with van der Waals surface area (Å²) in [5.74, 6) is 0.741. The van der Waals surface area contributed by atoms with E-state index in [-0.39, 0.29) is 16.6 Å². The summed E-state index contributed by atoms with van der Waals surface area (Å²) in [5, 5.41) is 7.56. The molecule has 0 bridgehead atoms. The minimum Gasteiger partial charge on any atom is -0.486 e. The summed E-state index contributed by atoms with van der Waals surface area (Å²) in [6, 6.07) is 7.84. The van der Waals surface area contributed by atoms with E-state index in [9.17, 15) is 4.79 Å². The Morgan fingerprint density at radius 3 is 2.12 bits per heavy atom. The molecule has 0 heterocycles. The van der Waals surface area contributed by atoms with Crippen molar-refractivity contribution in [1.82, 2.24) is 0 Å². The van der Waals surface area contributed by atoms with Crippen molar-refractivity contribution in [1.29, 1.82) is 0 Å². The minimum atomic E-state index is 0.120. The number of aliphatic hydroxyl groups is 1. The first-order chi connectivity index (χ1) is 7.95. The molecule has 1 rings (SSSR count). The molecule has 4 heteroatoms. The predicted octanol–water partition coefficient (Wildman–Crippen LogP) is 2.93. The lowest BCUT2D eigenvalue weighted by Gasteiger charge is -2.18. The molecule has 0 aromatic heterocycles. The van der Waals surface area contributed by atoms with Gasteiger partial charge in [0.1, 0.15) is 12.4 Å². The number of carbonyl (C=O) groups excluding carboxylic acids is 1. The van der Waals surface area contributed by atoms with E-state index in [4.69, 9.17) is 9.84 Å². The number of aliphatic hydroxyl groups excluding tert-OH is 1. The maximum Gasteiger partial charge on any atom is 0.157 e. The zero-order valence-corrected chi connectivity index (χ0v) is 12.6. The van der Waals surface area contributed by atoms with Gasteiger partial charge in [-0.2, -0.15) is 0 Å². The van der Waals surface area contributed by atoms with Crippen LogP contribution in [-0.2, 0) is 10.2 Å². The van der Waals surface area contributed by atoms with Crippen molar-refractivity contribution >= 4 is 28.9 Å². The SMILES string of the molecule is CC(C)(C)c1ccc(OCC=O)cc1.OCI. The highest BCUT2D eigenvalue weighted by Gasteiger charge is 2.12. The minimum absolute atomic E-state index is 0.120. The molecule has 1 aromatic rings. The second-order valence-electron chi connectivity index (χ2n) is 4.37. The number of ether oxygens (including phenoxy) is 1. The van der Waals surface area contributed by atoms with Crippen LogP contribution in [0.4, 0.5) is 0 Å². The summed E-state index contributed by atoms with van der Waals surface area (Å²) in [6.07, 6.45) is 0.748. The first-order valence-electron chi connectivity index (χ1n) is 5.29. The maximum absolute atomic E-state index is 10.1. The molecule has 0 fully saturated rings. The Hall–Kier alpha value is -0.620. The van der Waals surface area contributed by atoms with Gasteiger partial charge in [0, 0.05) is 0 Å². The van der Waals surface area contributed by atoms with Gasteiger partial charge in [-0.25, -0.2) is 0 Å². The number of alkyl halides is 1. The first-order valence-corrected chi connectivity index (χ1v) is 6.82. The lowest BCUT2D eigenvalue weighted by atomic mass is 9.87. The van der Waals surface area contributed by atoms with Crippen LogP contribution in [0.2, 0.25) is 0 Å². The van der Waals surface area contributed by atoms with Gasteiger partial charge in [0.25, 0.3) is 0 Å². The van der Waals surface area contributed by atoms with Crippen LogP contribution >= 0.6 is 22.6 Å². The fourth-order valence-electron chi connectivity index (χ4n) is 1.18. The molecule has 1 aromatic carbocycles. The van der Waals surface area contributed by atoms with Crippen LogP contribution in [0.15, 0.2) is 24.3 Å². The topological polar surface area (TPSA) is 46.5 Å². The smallest absolute Gasteiger partial charge is 0.157 e. The second kappa shape index (κ2) is 8.47. The molecule has 0 saturated heterocycles. The quantitative estimate of drug-likeness (QED) is 0.518. The molecule has 0 aliphatic carbocycles. The Morgan fingerprint density at radius 1 is 1.29 bits per heavy atom. The fourth-order valence-corrected chi connectivity index (χ4v) is 1.18. The fraction of sp³-hybridized carbons (Fsp3) is 0.462. The lowest BCUT2D eigenvalue weighted by molar-refractivity contribution is -0.109. The zero-order chi connectivity index (χ0) is 13.3. The molecule has 96 valence electrons. The van der Waals surface area contributed by atoms with E-state index in [2.05, 4.69) is 20.8 Å². The van der Waals surface area contributed by atoms with Gasteiger partial charge in [0.15, 0.2) is 6.29 Å². The molecule has 17 heavy (non-hydrogen) atoms. The molecular weight excluding hydrogens is 331 g/mol. The third-order valence-corrected chi connectivity index (χ3v) is 2.04. The number of carbonyl (C=O) groups is 1. The van der Waals surface area contributed by atoms with Crippen molar-refractivity contribution in [3.05, 3.63) is 29.8 Å². The van der Waals surface area contributed by atoms with E-state index >= 15 is 0 Å². The summed E-state index contributed by atoms with van der Waals surface area (Å²) in [5.41, 5.74) is 1.42. The number of hydrogen-bond donors (Lipinski definition) is 1. The molecule has 0 unspecified atom stereocenters. The summed E-state index contributed by atoms with van der Waals surface area (Å²) in [6.45, 7) is 6.60. The van der Waals surface area contributed by atoms with Crippen LogP contribution < -0.4 is 4.74 Å². The predicted molar refractivity (Wildman–Crippen MR) is 77.8 cm³/mol. The van der Waals surface area contributed by atoms with E-state index in [1.54, 1.807) is 0 Å². The highest BCUT2D eigenvalue weighted by molar-refractivity contribution is 14.1. The molecular formula is C13H19IO3. The summed E-state index contributed by atoms with van der Waals surface area (Å²) in [7, 11) is 0. The molecule has 0 aliphatic rings. The van der Waals surface area contributed by atoms with Crippen LogP contribution in [0.1, 0.15) is 26.3 Å². The van der Waals surface area contributed by atoms with Crippen molar-refractivity contribution < 1.29 is 14.6 Å². The molecule has 0 radical (unpaired) electrons. The summed E-state index contributed by atoms with van der Waals surface area (Å²) < 4.78 is 5.37. The third-order valence-electron chi connectivity index (χ3n) is 2.04. The molecule has 0 aliphatic heterocycles. The maximum atomic E-state index is 10.1. The largest absolute Gasteiger partial charge is 0.486 e. The highest BCUT2D eigenvalue weighted by atomic mass is 127. The number of rotatable bonds is 3. The van der Waals surface area contributed by atoms with Crippen LogP contribution in [0.3, 0.4) is 0 Å². The van der Waals surface area contributed by atoms with Crippen LogP contribution in [-0.4, -0.2) is 22.6 Å². The average Bonchev–Trinajstić information content (AvgIpc) is 2.27. The average molecular weight is 350 g/mol. The number of hydrogen-bond acceptors (Lipinski definition) is 3. The van der Waals surface area contributed by atoms with Crippen molar-refractivity contribution in [2.45, 2.75) is 26.2 Å². The first kappa shape index (κ1) is 16.4. The summed E-state index contributed by atoms with van der Waals surface area (Å²) in [4.78, 5) is 10.1. The van der Waals surface area contributed by atoms with Gasteiger partial charge in [0.2, 0.25) is 0 Å². The lowest BCUT2D eigenvalue weighted by Crippen LogP contribution is -2.10. The number of aldehydes is 1. The van der Waals surface area contributed by atoms with Crippen molar-refractivity contribution in [3.8, 4) is 5.75 Å².